The van der Waals surface area contributed by atoms with Crippen LogP contribution in [-0.2, 0) is 14.1 Å². The monoisotopic (exact) mass is 506 g/mol. The molecule has 0 N–H and O–H groups in total. The van der Waals surface area contributed by atoms with Gasteiger partial charge < -0.3 is 0 Å². The van der Waals surface area contributed by atoms with Gasteiger partial charge >= 0.3 is 189 Å². The van der Waals surface area contributed by atoms with E-state index < -0.39 is 50.9 Å². The molecule has 0 radical (unpaired) electrons. The predicted octanol–water partition coefficient (Wildman–Crippen LogP) is 7.76. The van der Waals surface area contributed by atoms with Crippen molar-refractivity contribution >= 4 is 16.9 Å². The normalized spacial score (nSPS) is 13.8. The Morgan fingerprint density at radius 1 is 0.594 bits per heavy atom. The maximum absolute atomic E-state index is 14.4. The third kappa shape index (κ3) is 6.41. The zero-order valence-electron chi connectivity index (χ0n) is 19.5. The van der Waals surface area contributed by atoms with Crippen LogP contribution in [0.25, 0.3) is 0 Å². The van der Waals surface area contributed by atoms with Gasteiger partial charge in [-0.05, 0) is 0 Å². The van der Waals surface area contributed by atoms with E-state index in [4.69, 9.17) is 3.97 Å². The first-order chi connectivity index (χ1) is 14.9. The van der Waals surface area contributed by atoms with E-state index in [9.17, 15) is 30.4 Å². The minimum atomic E-state index is -5.26. The van der Waals surface area contributed by atoms with Gasteiger partial charge in [0, 0.05) is 0 Å². The summed E-state index contributed by atoms with van der Waals surface area (Å²) in [6.45, 7) is 4.18. The third-order valence-corrected chi connectivity index (χ3v) is 15.2. The van der Waals surface area contributed by atoms with Gasteiger partial charge in [0.25, 0.3) is 0 Å². The van der Waals surface area contributed by atoms with Crippen molar-refractivity contribution in [2.45, 2.75) is 84.0 Å². The van der Waals surface area contributed by atoms with Crippen LogP contribution in [0.5, 0.6) is 0 Å². The molecule has 3 nitrogen and oxygen atoms in total. The Bertz CT molecular complexity index is 804. The van der Waals surface area contributed by atoms with E-state index in [1.165, 1.54) is 0 Å². The van der Waals surface area contributed by atoms with E-state index in [0.29, 0.717) is 50.3 Å². The molecule has 188 valence electrons. The van der Waals surface area contributed by atoms with Crippen molar-refractivity contribution in [1.82, 2.24) is 0 Å². The molecular formula is C22H36F5O3PS. The molecule has 0 aliphatic heterocycles. The van der Waals surface area contributed by atoms with Crippen molar-refractivity contribution in [2.75, 3.05) is 24.6 Å². The Hall–Kier alpha value is -0.790. The molecule has 1 aromatic rings. The molecule has 0 bridgehead atoms. The van der Waals surface area contributed by atoms with Gasteiger partial charge in [0.05, 0.1) is 0 Å². The minimum absolute atomic E-state index is 0.441. The molecule has 0 aliphatic carbocycles. The molecular weight excluding hydrogens is 470 g/mol. The quantitative estimate of drug-likeness (QED) is 0.106. The second-order valence-electron chi connectivity index (χ2n) is 8.59. The Kier molecular flexibility index (Phi) is 11.0. The van der Waals surface area contributed by atoms with Crippen LogP contribution in [-0.4, -0.2) is 33.1 Å². The van der Waals surface area contributed by atoms with Crippen molar-refractivity contribution in [1.29, 1.82) is 0 Å². The molecule has 0 atom stereocenters. The third-order valence-electron chi connectivity index (χ3n) is 6.04. The van der Waals surface area contributed by atoms with Crippen molar-refractivity contribution in [3.8, 4) is 0 Å². The first-order valence-corrected chi connectivity index (χ1v) is 15.7. The van der Waals surface area contributed by atoms with E-state index in [-0.39, 0.29) is 0 Å². The molecule has 0 saturated carbocycles. The van der Waals surface area contributed by atoms with E-state index in [2.05, 4.69) is 0 Å². The van der Waals surface area contributed by atoms with Crippen LogP contribution in [0.4, 0.5) is 22.0 Å². The van der Waals surface area contributed by atoms with E-state index in [0.717, 1.165) is 25.7 Å². The van der Waals surface area contributed by atoms with Crippen molar-refractivity contribution in [2.24, 2.45) is 0 Å². The molecule has 0 aliphatic rings. The van der Waals surface area contributed by atoms with Crippen molar-refractivity contribution < 1.29 is 34.3 Å². The summed E-state index contributed by atoms with van der Waals surface area (Å²) in [5, 5.41) is 0. The van der Waals surface area contributed by atoms with E-state index in [1.807, 2.05) is 27.7 Å². The van der Waals surface area contributed by atoms with Gasteiger partial charge in [0.15, 0.2) is 0 Å². The summed E-state index contributed by atoms with van der Waals surface area (Å²) in [5.41, 5.74) is 0. The van der Waals surface area contributed by atoms with Gasteiger partial charge in [-0.2, -0.15) is 0 Å². The predicted molar refractivity (Wildman–Crippen MR) is 121 cm³/mol. The van der Waals surface area contributed by atoms with Crippen LogP contribution in [0.1, 0.15) is 79.1 Å². The van der Waals surface area contributed by atoms with Gasteiger partial charge in [-0.1, -0.05) is 0 Å². The van der Waals surface area contributed by atoms with Crippen LogP contribution in [0.2, 0.25) is 0 Å². The molecule has 0 aromatic heterocycles. The second-order valence-corrected chi connectivity index (χ2v) is 16.0. The number of halogens is 5. The number of unbranched alkanes of at least 4 members (excludes halogenated alkanes) is 4. The SMILES string of the molecule is CCCCP(CCCC)(CCCC)(CCCC)OS(=O)(=O)c1c(F)c(F)c(F)c(F)c1F. The van der Waals surface area contributed by atoms with Gasteiger partial charge in [-0.25, -0.2) is 0 Å². The summed E-state index contributed by atoms with van der Waals surface area (Å²) in [4.78, 5) is -1.89. The van der Waals surface area contributed by atoms with E-state index >= 15 is 0 Å². The molecule has 0 spiro atoms. The fraction of sp³-hybridized carbons (Fsp3) is 0.727. The summed E-state index contributed by atoms with van der Waals surface area (Å²) in [5.74, 6) is -11.7. The summed E-state index contributed by atoms with van der Waals surface area (Å²) < 4.78 is 102. The molecule has 0 amide bonds. The van der Waals surface area contributed by atoms with Crippen LogP contribution < -0.4 is 0 Å². The van der Waals surface area contributed by atoms with Gasteiger partial charge in [0.1, 0.15) is 0 Å². The first-order valence-electron chi connectivity index (χ1n) is 11.4. The zero-order chi connectivity index (χ0) is 24.6. The molecule has 1 aromatic carbocycles. The number of hydrogen-bond donors (Lipinski definition) is 0. The number of rotatable bonds is 15. The Balaban J connectivity index is 3.80. The standard InChI is InChI=1S/C22H36F5O3PS/c1-5-9-13-31(14-10-6-2,15-11-7-3,16-12-8-4)30-32(28,29)22-20(26)18(24)17(23)19(25)21(22)27/h5-16H2,1-4H3. The van der Waals surface area contributed by atoms with Crippen LogP contribution >= 0.6 is 6.83 Å². The van der Waals surface area contributed by atoms with Gasteiger partial charge in [-0.15, -0.1) is 0 Å². The molecule has 0 unspecified atom stereocenters. The molecule has 0 saturated heterocycles. The summed E-state index contributed by atoms with van der Waals surface area (Å²) in [6.07, 6.45) is 7.41. The second kappa shape index (κ2) is 12.1. The summed E-state index contributed by atoms with van der Waals surface area (Å²) in [7, 11) is -5.26. The fourth-order valence-electron chi connectivity index (χ4n) is 4.17. The van der Waals surface area contributed by atoms with E-state index in [1.54, 1.807) is 0 Å². The average Bonchev–Trinajstić information content (AvgIpc) is 2.76. The Morgan fingerprint density at radius 2 is 0.875 bits per heavy atom. The van der Waals surface area contributed by atoms with Gasteiger partial charge in [0.2, 0.25) is 0 Å². The first kappa shape index (κ1) is 29.2. The molecule has 0 fully saturated rings. The maximum atomic E-state index is 14.4. The van der Waals surface area contributed by atoms with Crippen LogP contribution in [0.15, 0.2) is 4.90 Å². The molecule has 32 heavy (non-hydrogen) atoms. The number of benzene rings is 1. The van der Waals surface area contributed by atoms with Crippen LogP contribution in [0.3, 0.4) is 0 Å². The molecule has 10 heteroatoms. The Labute approximate surface area is 189 Å². The van der Waals surface area contributed by atoms with Gasteiger partial charge in [-0.3, -0.25) is 0 Å². The summed E-state index contributed by atoms with van der Waals surface area (Å²) >= 11 is 0. The Morgan fingerprint density at radius 3 is 1.16 bits per heavy atom. The number of hydrogen-bond acceptors (Lipinski definition) is 3. The van der Waals surface area contributed by atoms with Crippen LogP contribution in [0, 0.1) is 29.1 Å². The zero-order valence-corrected chi connectivity index (χ0v) is 21.2. The molecule has 1 rings (SSSR count). The molecule has 0 heterocycles. The average molecular weight is 507 g/mol. The van der Waals surface area contributed by atoms with Crippen molar-refractivity contribution in [3.05, 3.63) is 29.1 Å². The summed E-state index contributed by atoms with van der Waals surface area (Å²) in [6, 6.07) is 0. The topological polar surface area (TPSA) is 43.4 Å². The van der Waals surface area contributed by atoms with Crippen molar-refractivity contribution in [3.63, 3.8) is 0 Å². The fourth-order valence-corrected chi connectivity index (χ4v) is 14.3.